The number of hydrogen-bond donors (Lipinski definition) is 0. The molecule has 0 saturated heterocycles. The molecule has 1 aliphatic rings. The van der Waals surface area contributed by atoms with E-state index < -0.39 is 5.97 Å². The second-order valence-corrected chi connectivity index (χ2v) is 7.61. The molecule has 156 valence electrons. The summed E-state index contributed by atoms with van der Waals surface area (Å²) in [5.41, 5.74) is 1.95. The summed E-state index contributed by atoms with van der Waals surface area (Å²) in [4.78, 5) is 25.3. The van der Waals surface area contributed by atoms with Gasteiger partial charge in [0.2, 0.25) is 5.78 Å². The first-order valence-corrected chi connectivity index (χ1v) is 10.0. The van der Waals surface area contributed by atoms with Crippen molar-refractivity contribution in [1.29, 1.82) is 0 Å². The Hall–Kier alpha value is -3.28. The smallest absolute Gasteiger partial charge is 0.343 e. The number of Topliss-reactive ketones (excluding diaryl/α,β-unsaturated/α-hetero) is 1. The minimum atomic E-state index is -0.544. The standard InChI is InChI=1S/C24H16Cl2O5/c1-13-20(31-24(28)15-4-3-5-16(12-15)29-2)9-7-17-22(27)21(30-23(13)17)11-14-6-8-18(25)19(26)10-14/h3-12H,1-2H3/b21-11-. The highest BCUT2D eigenvalue weighted by Crippen LogP contribution is 2.39. The maximum Gasteiger partial charge on any atom is 0.343 e. The molecule has 0 unspecified atom stereocenters. The predicted molar refractivity (Wildman–Crippen MR) is 119 cm³/mol. The van der Waals surface area contributed by atoms with E-state index >= 15 is 0 Å². The van der Waals surface area contributed by atoms with Crippen molar-refractivity contribution in [3.8, 4) is 17.2 Å². The summed E-state index contributed by atoms with van der Waals surface area (Å²) >= 11 is 12.0. The van der Waals surface area contributed by atoms with Crippen molar-refractivity contribution in [2.75, 3.05) is 7.11 Å². The van der Waals surface area contributed by atoms with Crippen LogP contribution in [0.3, 0.4) is 0 Å². The molecule has 1 aliphatic heterocycles. The molecule has 7 heteroatoms. The highest BCUT2D eigenvalue weighted by Gasteiger charge is 2.30. The van der Waals surface area contributed by atoms with Crippen LogP contribution < -0.4 is 14.2 Å². The highest BCUT2D eigenvalue weighted by atomic mass is 35.5. The molecule has 1 heterocycles. The Kier molecular flexibility index (Phi) is 5.72. The third-order valence-electron chi connectivity index (χ3n) is 4.79. The topological polar surface area (TPSA) is 61.8 Å². The van der Waals surface area contributed by atoms with Gasteiger partial charge in [0.1, 0.15) is 17.2 Å². The number of rotatable bonds is 4. The number of carbonyl (C=O) groups excluding carboxylic acids is 2. The summed E-state index contributed by atoms with van der Waals surface area (Å²) in [7, 11) is 1.52. The maximum absolute atomic E-state index is 12.8. The fourth-order valence-electron chi connectivity index (χ4n) is 3.14. The molecule has 5 nitrogen and oxygen atoms in total. The number of methoxy groups -OCH3 is 1. The summed E-state index contributed by atoms with van der Waals surface area (Å²) in [6.45, 7) is 1.72. The average molecular weight is 455 g/mol. The van der Waals surface area contributed by atoms with E-state index in [1.54, 1.807) is 67.6 Å². The molecule has 31 heavy (non-hydrogen) atoms. The molecule has 0 radical (unpaired) electrons. The van der Waals surface area contributed by atoms with Crippen LogP contribution in [0.1, 0.15) is 31.8 Å². The lowest BCUT2D eigenvalue weighted by Crippen LogP contribution is -2.09. The van der Waals surface area contributed by atoms with Crippen LogP contribution in [-0.2, 0) is 0 Å². The second-order valence-electron chi connectivity index (χ2n) is 6.80. The van der Waals surface area contributed by atoms with Crippen molar-refractivity contribution in [3.63, 3.8) is 0 Å². The molecule has 0 aliphatic carbocycles. The molecule has 0 bridgehead atoms. The largest absolute Gasteiger partial charge is 0.497 e. The van der Waals surface area contributed by atoms with Crippen LogP contribution in [-0.4, -0.2) is 18.9 Å². The van der Waals surface area contributed by atoms with Crippen molar-refractivity contribution < 1.29 is 23.8 Å². The SMILES string of the molecule is COc1cccc(C(=O)Oc2ccc3c(c2C)O/C(=C\c2ccc(Cl)c(Cl)c2)C3=O)c1. The highest BCUT2D eigenvalue weighted by molar-refractivity contribution is 6.42. The monoisotopic (exact) mass is 454 g/mol. The number of carbonyl (C=O) groups is 2. The van der Waals surface area contributed by atoms with E-state index in [0.717, 1.165) is 0 Å². The second kappa shape index (κ2) is 8.46. The third kappa shape index (κ3) is 4.15. The van der Waals surface area contributed by atoms with Gasteiger partial charge in [0.15, 0.2) is 5.76 Å². The first-order valence-electron chi connectivity index (χ1n) is 9.26. The Morgan fingerprint density at radius 3 is 2.58 bits per heavy atom. The van der Waals surface area contributed by atoms with Gasteiger partial charge in [-0.2, -0.15) is 0 Å². The van der Waals surface area contributed by atoms with E-state index in [0.29, 0.717) is 49.5 Å². The molecule has 0 saturated carbocycles. The van der Waals surface area contributed by atoms with E-state index in [-0.39, 0.29) is 11.5 Å². The van der Waals surface area contributed by atoms with Gasteiger partial charge in [-0.1, -0.05) is 35.3 Å². The van der Waals surface area contributed by atoms with Crippen molar-refractivity contribution in [2.45, 2.75) is 6.92 Å². The van der Waals surface area contributed by atoms with E-state index in [4.69, 9.17) is 37.4 Å². The Bertz CT molecular complexity index is 1250. The van der Waals surface area contributed by atoms with Gasteiger partial charge in [-0.3, -0.25) is 4.79 Å². The Morgan fingerprint density at radius 1 is 1.03 bits per heavy atom. The fourth-order valence-corrected chi connectivity index (χ4v) is 3.45. The zero-order valence-electron chi connectivity index (χ0n) is 16.6. The van der Waals surface area contributed by atoms with Gasteiger partial charge < -0.3 is 14.2 Å². The fraction of sp³-hybridized carbons (Fsp3) is 0.0833. The van der Waals surface area contributed by atoms with Crippen LogP contribution in [0, 0.1) is 6.92 Å². The van der Waals surface area contributed by atoms with Gasteiger partial charge in [0.05, 0.1) is 28.3 Å². The summed E-state index contributed by atoms with van der Waals surface area (Å²) in [6, 6.07) is 14.8. The number of benzene rings is 3. The Balaban J connectivity index is 1.60. The molecule has 0 N–H and O–H groups in total. The normalized spacial score (nSPS) is 13.7. The zero-order chi connectivity index (χ0) is 22.1. The Morgan fingerprint density at radius 2 is 1.84 bits per heavy atom. The van der Waals surface area contributed by atoms with Crippen LogP contribution in [0.4, 0.5) is 0 Å². The van der Waals surface area contributed by atoms with Gasteiger partial charge in [-0.05, 0) is 61.0 Å². The van der Waals surface area contributed by atoms with E-state index in [2.05, 4.69) is 0 Å². The van der Waals surface area contributed by atoms with Crippen molar-refractivity contribution in [2.24, 2.45) is 0 Å². The number of hydrogen-bond acceptors (Lipinski definition) is 5. The molecule has 0 atom stereocenters. The molecule has 4 rings (SSSR count). The van der Waals surface area contributed by atoms with Crippen molar-refractivity contribution in [1.82, 2.24) is 0 Å². The summed E-state index contributed by atoms with van der Waals surface area (Å²) in [6.07, 6.45) is 1.59. The lowest BCUT2D eigenvalue weighted by molar-refractivity contribution is 0.0732. The van der Waals surface area contributed by atoms with Gasteiger partial charge >= 0.3 is 5.97 Å². The van der Waals surface area contributed by atoms with Crippen molar-refractivity contribution >= 4 is 41.0 Å². The van der Waals surface area contributed by atoms with E-state index in [1.807, 2.05) is 0 Å². The molecule has 0 spiro atoms. The molecule has 0 aromatic heterocycles. The molecular weight excluding hydrogens is 439 g/mol. The minimum absolute atomic E-state index is 0.146. The van der Waals surface area contributed by atoms with E-state index in [9.17, 15) is 9.59 Å². The lowest BCUT2D eigenvalue weighted by atomic mass is 10.1. The van der Waals surface area contributed by atoms with Crippen LogP contribution in [0.5, 0.6) is 17.2 Å². The van der Waals surface area contributed by atoms with Gasteiger partial charge in [-0.15, -0.1) is 0 Å². The van der Waals surface area contributed by atoms with Crippen LogP contribution >= 0.6 is 23.2 Å². The average Bonchev–Trinajstić information content (AvgIpc) is 3.09. The number of esters is 1. The van der Waals surface area contributed by atoms with Gasteiger partial charge in [0.25, 0.3) is 0 Å². The first-order chi connectivity index (χ1) is 14.9. The number of ether oxygens (including phenoxy) is 3. The number of allylic oxidation sites excluding steroid dienone is 1. The number of ketones is 1. The Labute approximate surface area is 188 Å². The quantitative estimate of drug-likeness (QED) is 0.269. The van der Waals surface area contributed by atoms with Crippen LogP contribution in [0.25, 0.3) is 6.08 Å². The van der Waals surface area contributed by atoms with Gasteiger partial charge in [-0.25, -0.2) is 4.79 Å². The van der Waals surface area contributed by atoms with Gasteiger partial charge in [0, 0.05) is 5.56 Å². The van der Waals surface area contributed by atoms with Crippen LogP contribution in [0.15, 0.2) is 60.4 Å². The summed E-state index contributed by atoms with van der Waals surface area (Å²) < 4.78 is 16.5. The molecule has 0 amide bonds. The number of fused-ring (bicyclic) bond motifs is 1. The predicted octanol–water partition coefficient (Wildman–Crippen LogP) is 6.15. The molecule has 3 aromatic rings. The van der Waals surface area contributed by atoms with Crippen molar-refractivity contribution in [3.05, 3.63) is 92.7 Å². The number of halogens is 2. The summed E-state index contributed by atoms with van der Waals surface area (Å²) in [5, 5.41) is 0.797. The summed E-state index contributed by atoms with van der Waals surface area (Å²) in [5.74, 6) is 0.536. The zero-order valence-corrected chi connectivity index (χ0v) is 18.1. The third-order valence-corrected chi connectivity index (χ3v) is 5.53. The first kappa shape index (κ1) is 21.0. The molecule has 3 aromatic carbocycles. The molecular formula is C24H16Cl2O5. The lowest BCUT2D eigenvalue weighted by Gasteiger charge is -2.10. The van der Waals surface area contributed by atoms with Crippen LogP contribution in [0.2, 0.25) is 10.0 Å². The molecule has 0 fully saturated rings. The maximum atomic E-state index is 12.8. The minimum Gasteiger partial charge on any atom is -0.497 e. The van der Waals surface area contributed by atoms with E-state index in [1.165, 1.54) is 7.11 Å².